The van der Waals surface area contributed by atoms with Gasteiger partial charge in [-0.25, -0.2) is 0 Å². The number of nitrogens with zero attached hydrogens (tertiary/aromatic N) is 1. The molecule has 1 aliphatic rings. The summed E-state index contributed by atoms with van der Waals surface area (Å²) in [5.74, 6) is 0.949. The van der Waals surface area contributed by atoms with Gasteiger partial charge in [-0.05, 0) is 30.9 Å². The zero-order valence-corrected chi connectivity index (χ0v) is 10.5. The molecule has 1 aromatic heterocycles. The van der Waals surface area contributed by atoms with E-state index in [1.807, 2.05) is 18.3 Å². The van der Waals surface area contributed by atoms with Gasteiger partial charge in [-0.1, -0.05) is 31.7 Å². The molecule has 1 aliphatic carbocycles. The molecule has 0 N–H and O–H groups in total. The molecule has 1 saturated carbocycles. The van der Waals surface area contributed by atoms with E-state index in [9.17, 15) is 0 Å². The van der Waals surface area contributed by atoms with Crippen molar-refractivity contribution in [1.82, 2.24) is 4.98 Å². The third-order valence-corrected chi connectivity index (χ3v) is 3.89. The lowest BCUT2D eigenvalue weighted by atomic mass is 9.99. The van der Waals surface area contributed by atoms with E-state index < -0.39 is 0 Å². The number of alkyl halides is 1. The highest BCUT2D eigenvalue weighted by Gasteiger charge is 2.16. The molecule has 0 amide bonds. The van der Waals surface area contributed by atoms with Gasteiger partial charge in [-0.15, -0.1) is 11.6 Å². The van der Waals surface area contributed by atoms with E-state index in [0.29, 0.717) is 0 Å². The van der Waals surface area contributed by atoms with Crippen LogP contribution in [0.1, 0.15) is 44.2 Å². The van der Waals surface area contributed by atoms with Crippen LogP contribution in [0.25, 0.3) is 0 Å². The number of hydrogen-bond donors (Lipinski definition) is 0. The first-order chi connectivity index (χ1) is 7.84. The molecule has 0 radical (unpaired) electrons. The lowest BCUT2D eigenvalue weighted by Gasteiger charge is -2.12. The maximum Gasteiger partial charge on any atom is 0.0418 e. The van der Waals surface area contributed by atoms with E-state index in [2.05, 4.69) is 11.1 Å². The van der Waals surface area contributed by atoms with Crippen LogP contribution in [-0.2, 0) is 6.42 Å². The van der Waals surface area contributed by atoms with Crippen LogP contribution in [0.2, 0.25) is 0 Å². The monoisotopic (exact) mass is 237 g/mol. The SMILES string of the molecule is ClC(CCC1CCCC1)Cc1ccccn1. The first-order valence-corrected chi connectivity index (χ1v) is 6.82. The minimum atomic E-state index is 0.260. The quantitative estimate of drug-likeness (QED) is 0.700. The van der Waals surface area contributed by atoms with E-state index in [4.69, 9.17) is 11.6 Å². The number of aromatic nitrogens is 1. The average molecular weight is 238 g/mol. The highest BCUT2D eigenvalue weighted by atomic mass is 35.5. The number of rotatable bonds is 5. The van der Waals surface area contributed by atoms with Crippen molar-refractivity contribution in [2.24, 2.45) is 5.92 Å². The van der Waals surface area contributed by atoms with Crippen LogP contribution in [0.5, 0.6) is 0 Å². The Morgan fingerprint density at radius 3 is 2.81 bits per heavy atom. The van der Waals surface area contributed by atoms with Gasteiger partial charge < -0.3 is 0 Å². The smallest absolute Gasteiger partial charge is 0.0418 e. The molecule has 0 bridgehead atoms. The molecular formula is C14H20ClN. The highest BCUT2D eigenvalue weighted by Crippen LogP contribution is 2.29. The Kier molecular flexibility index (Phi) is 4.65. The summed E-state index contributed by atoms with van der Waals surface area (Å²) in [7, 11) is 0. The van der Waals surface area contributed by atoms with Gasteiger partial charge in [-0.3, -0.25) is 4.98 Å². The molecule has 1 aromatic rings. The Bertz CT molecular complexity index is 293. The Morgan fingerprint density at radius 1 is 1.31 bits per heavy atom. The minimum absolute atomic E-state index is 0.260. The van der Waals surface area contributed by atoms with Crippen molar-refractivity contribution in [3.05, 3.63) is 30.1 Å². The van der Waals surface area contributed by atoms with Gasteiger partial charge >= 0.3 is 0 Å². The van der Waals surface area contributed by atoms with Crippen LogP contribution in [0.3, 0.4) is 0 Å². The fourth-order valence-corrected chi connectivity index (χ4v) is 2.85. The normalized spacial score (nSPS) is 18.8. The van der Waals surface area contributed by atoms with Gasteiger partial charge in [0.1, 0.15) is 0 Å². The molecule has 1 unspecified atom stereocenters. The van der Waals surface area contributed by atoms with E-state index in [1.54, 1.807) is 0 Å². The summed E-state index contributed by atoms with van der Waals surface area (Å²) in [6.07, 6.45) is 10.9. The largest absolute Gasteiger partial charge is 0.261 e. The Hall–Kier alpha value is -0.560. The summed E-state index contributed by atoms with van der Waals surface area (Å²) < 4.78 is 0. The summed E-state index contributed by atoms with van der Waals surface area (Å²) in [6.45, 7) is 0. The van der Waals surface area contributed by atoms with Crippen LogP contribution < -0.4 is 0 Å². The van der Waals surface area contributed by atoms with Crippen LogP contribution in [0.15, 0.2) is 24.4 Å². The molecule has 1 nitrogen and oxygen atoms in total. The Balaban J connectivity index is 1.69. The summed E-state index contributed by atoms with van der Waals surface area (Å²) in [4.78, 5) is 4.31. The van der Waals surface area contributed by atoms with E-state index >= 15 is 0 Å². The molecule has 2 rings (SSSR count). The van der Waals surface area contributed by atoms with Crippen molar-refractivity contribution < 1.29 is 0 Å². The summed E-state index contributed by atoms with van der Waals surface area (Å²) >= 11 is 6.35. The summed E-state index contributed by atoms with van der Waals surface area (Å²) in [5, 5.41) is 0.260. The highest BCUT2D eigenvalue weighted by molar-refractivity contribution is 6.20. The molecule has 88 valence electrons. The summed E-state index contributed by atoms with van der Waals surface area (Å²) in [5.41, 5.74) is 1.12. The molecule has 1 fully saturated rings. The Labute approximate surface area is 103 Å². The molecule has 1 atom stereocenters. The maximum atomic E-state index is 6.35. The molecule has 0 saturated heterocycles. The lowest BCUT2D eigenvalue weighted by molar-refractivity contribution is 0.475. The minimum Gasteiger partial charge on any atom is -0.261 e. The van der Waals surface area contributed by atoms with Crippen molar-refractivity contribution in [2.45, 2.75) is 50.3 Å². The predicted molar refractivity (Wildman–Crippen MR) is 68.8 cm³/mol. The second-order valence-electron chi connectivity index (χ2n) is 4.85. The van der Waals surface area contributed by atoms with Gasteiger partial charge in [0.25, 0.3) is 0 Å². The fourth-order valence-electron chi connectivity index (χ4n) is 2.56. The zero-order valence-electron chi connectivity index (χ0n) is 9.74. The molecular weight excluding hydrogens is 218 g/mol. The van der Waals surface area contributed by atoms with E-state index in [1.165, 1.54) is 32.1 Å². The summed E-state index contributed by atoms with van der Waals surface area (Å²) in [6, 6.07) is 6.04. The third-order valence-electron chi connectivity index (χ3n) is 3.52. The first-order valence-electron chi connectivity index (χ1n) is 6.38. The molecule has 16 heavy (non-hydrogen) atoms. The lowest BCUT2D eigenvalue weighted by Crippen LogP contribution is -2.07. The second kappa shape index (κ2) is 6.24. The van der Waals surface area contributed by atoms with E-state index in [0.717, 1.165) is 24.5 Å². The zero-order chi connectivity index (χ0) is 11.2. The molecule has 0 spiro atoms. The van der Waals surface area contributed by atoms with Gasteiger partial charge in [0.05, 0.1) is 0 Å². The van der Waals surface area contributed by atoms with Crippen molar-refractivity contribution in [3.63, 3.8) is 0 Å². The van der Waals surface area contributed by atoms with Gasteiger partial charge in [-0.2, -0.15) is 0 Å². The van der Waals surface area contributed by atoms with Crippen molar-refractivity contribution in [2.75, 3.05) is 0 Å². The second-order valence-corrected chi connectivity index (χ2v) is 5.47. The molecule has 0 aliphatic heterocycles. The number of hydrogen-bond acceptors (Lipinski definition) is 1. The van der Waals surface area contributed by atoms with Crippen LogP contribution >= 0.6 is 11.6 Å². The topological polar surface area (TPSA) is 12.9 Å². The van der Waals surface area contributed by atoms with Crippen molar-refractivity contribution >= 4 is 11.6 Å². The van der Waals surface area contributed by atoms with Crippen molar-refractivity contribution in [1.29, 1.82) is 0 Å². The molecule has 0 aromatic carbocycles. The molecule has 2 heteroatoms. The van der Waals surface area contributed by atoms with Gasteiger partial charge in [0.15, 0.2) is 0 Å². The third kappa shape index (κ3) is 3.79. The first kappa shape index (κ1) is 11.9. The van der Waals surface area contributed by atoms with E-state index in [-0.39, 0.29) is 5.38 Å². The number of pyridine rings is 1. The van der Waals surface area contributed by atoms with Crippen LogP contribution in [0, 0.1) is 5.92 Å². The molecule has 1 heterocycles. The van der Waals surface area contributed by atoms with Crippen LogP contribution in [0.4, 0.5) is 0 Å². The van der Waals surface area contributed by atoms with Gasteiger partial charge in [0, 0.05) is 23.7 Å². The average Bonchev–Trinajstić information content (AvgIpc) is 2.81. The predicted octanol–water partition coefficient (Wildman–Crippen LogP) is 4.20. The van der Waals surface area contributed by atoms with Gasteiger partial charge in [0.2, 0.25) is 0 Å². The van der Waals surface area contributed by atoms with Crippen molar-refractivity contribution in [3.8, 4) is 0 Å². The Morgan fingerprint density at radius 2 is 2.12 bits per heavy atom. The van der Waals surface area contributed by atoms with Crippen LogP contribution in [-0.4, -0.2) is 10.4 Å². The maximum absolute atomic E-state index is 6.35. The fraction of sp³-hybridized carbons (Fsp3) is 0.643. The standard InChI is InChI=1S/C14H20ClN/c15-13(9-8-12-5-1-2-6-12)11-14-7-3-4-10-16-14/h3-4,7,10,12-13H,1-2,5-6,8-9,11H2. The number of halogens is 1.